The maximum absolute atomic E-state index is 2.32. The van der Waals surface area contributed by atoms with E-state index in [1.807, 2.05) is 0 Å². The van der Waals surface area contributed by atoms with Crippen LogP contribution in [-0.4, -0.2) is 23.0 Å². The molecule has 0 saturated carbocycles. The number of benzene rings is 2. The van der Waals surface area contributed by atoms with Crippen LogP contribution in [0.1, 0.15) is 35.1 Å². The molecule has 1 aliphatic rings. The van der Waals surface area contributed by atoms with Crippen LogP contribution < -0.4 is 0 Å². The molecule has 3 rings (SSSR count). The van der Waals surface area contributed by atoms with Crippen molar-refractivity contribution < 1.29 is 0 Å². The van der Waals surface area contributed by atoms with Crippen LogP contribution >= 0.6 is 47.0 Å². The van der Waals surface area contributed by atoms with Gasteiger partial charge in [-0.3, -0.25) is 0 Å². The average molecular weight is 421 g/mol. The first-order valence-corrected chi connectivity index (χ1v) is 14.0. The molecule has 4 heteroatoms. The van der Waals surface area contributed by atoms with Crippen molar-refractivity contribution in [2.45, 2.75) is 35.9 Å². The highest BCUT2D eigenvalue weighted by molar-refractivity contribution is 7.99. The lowest BCUT2D eigenvalue weighted by Crippen LogP contribution is -1.95. The minimum Gasteiger partial charge on any atom is -0.157 e. The van der Waals surface area contributed by atoms with Gasteiger partial charge in [0, 0.05) is 23.0 Å². The van der Waals surface area contributed by atoms with E-state index in [1.54, 1.807) is 22.3 Å². The molecule has 0 unspecified atom stereocenters. The summed E-state index contributed by atoms with van der Waals surface area (Å²) in [5.74, 6) is 9.75. The van der Waals surface area contributed by atoms with Gasteiger partial charge in [-0.2, -0.15) is 47.0 Å². The molecule has 2 aromatic carbocycles. The van der Waals surface area contributed by atoms with Gasteiger partial charge >= 0.3 is 0 Å². The van der Waals surface area contributed by atoms with Gasteiger partial charge in [-0.1, -0.05) is 48.5 Å². The Balaban J connectivity index is 1.56. The highest BCUT2D eigenvalue weighted by atomic mass is 32.2. The van der Waals surface area contributed by atoms with Gasteiger partial charge in [-0.15, -0.1) is 0 Å². The van der Waals surface area contributed by atoms with Crippen molar-refractivity contribution in [2.24, 2.45) is 0 Å². The van der Waals surface area contributed by atoms with Gasteiger partial charge in [0.2, 0.25) is 0 Å². The van der Waals surface area contributed by atoms with Gasteiger partial charge in [0.15, 0.2) is 0 Å². The van der Waals surface area contributed by atoms with Gasteiger partial charge in [0.1, 0.15) is 0 Å². The molecule has 26 heavy (non-hydrogen) atoms. The first-order valence-electron chi connectivity index (χ1n) is 9.38. The van der Waals surface area contributed by atoms with Crippen LogP contribution in [0.15, 0.2) is 48.5 Å². The van der Waals surface area contributed by atoms with E-state index >= 15 is 0 Å². The van der Waals surface area contributed by atoms with Gasteiger partial charge in [-0.25, -0.2) is 0 Å². The highest BCUT2D eigenvalue weighted by Crippen LogP contribution is 2.25. The zero-order valence-corrected chi connectivity index (χ0v) is 18.6. The van der Waals surface area contributed by atoms with Crippen LogP contribution in [0.4, 0.5) is 0 Å². The van der Waals surface area contributed by atoms with Gasteiger partial charge in [0.05, 0.1) is 0 Å². The zero-order chi connectivity index (χ0) is 17.9. The Kier molecular flexibility index (Phi) is 9.75. The molecular formula is C22H28S4. The summed E-state index contributed by atoms with van der Waals surface area (Å²) in [4.78, 5) is 0. The van der Waals surface area contributed by atoms with Gasteiger partial charge < -0.3 is 0 Å². The molecular weight excluding hydrogens is 393 g/mol. The largest absolute Gasteiger partial charge is 0.157 e. The average Bonchev–Trinajstić information content (AvgIpc) is 2.68. The van der Waals surface area contributed by atoms with Crippen LogP contribution in [0.25, 0.3) is 0 Å². The Morgan fingerprint density at radius 3 is 0.962 bits per heavy atom. The lowest BCUT2D eigenvalue weighted by molar-refractivity contribution is 1.11. The van der Waals surface area contributed by atoms with Gasteiger partial charge in [-0.05, 0) is 58.1 Å². The summed E-state index contributed by atoms with van der Waals surface area (Å²) in [6, 6.07) is 18.1. The number of hydrogen-bond donors (Lipinski definition) is 0. The summed E-state index contributed by atoms with van der Waals surface area (Å²) in [7, 11) is 0. The third-order valence-electron chi connectivity index (χ3n) is 4.42. The SMILES string of the molecule is c1ccc2c(c1)CSCCCSCc1ccccc1CSCCCSC2. The van der Waals surface area contributed by atoms with Crippen molar-refractivity contribution in [1.29, 1.82) is 0 Å². The number of fused-ring (bicyclic) bond motifs is 2. The zero-order valence-electron chi connectivity index (χ0n) is 15.3. The standard InChI is InChI=1S/C22H28S4/c1-2-8-20-16-24-12-6-14-26-18-22-10-4-3-9-21(22)17-25-13-5-11-23-15-19(20)7-1/h1-4,7-10H,5-6,11-18H2. The van der Waals surface area contributed by atoms with Crippen LogP contribution in [0.5, 0.6) is 0 Å². The van der Waals surface area contributed by atoms with E-state index in [9.17, 15) is 0 Å². The fraction of sp³-hybridized carbons (Fsp3) is 0.455. The van der Waals surface area contributed by atoms with Crippen LogP contribution in [0, 0.1) is 0 Å². The monoisotopic (exact) mass is 420 g/mol. The predicted molar refractivity (Wildman–Crippen MR) is 127 cm³/mol. The van der Waals surface area contributed by atoms with Gasteiger partial charge in [0.25, 0.3) is 0 Å². The van der Waals surface area contributed by atoms with E-state index in [1.165, 1.54) is 58.9 Å². The minimum absolute atomic E-state index is 1.17. The topological polar surface area (TPSA) is 0 Å². The molecule has 1 aliphatic heterocycles. The van der Waals surface area contributed by atoms with Crippen molar-refractivity contribution in [2.75, 3.05) is 23.0 Å². The van der Waals surface area contributed by atoms with E-state index in [0.717, 1.165) is 0 Å². The Morgan fingerprint density at radius 1 is 0.423 bits per heavy atom. The van der Waals surface area contributed by atoms with Crippen molar-refractivity contribution in [3.05, 3.63) is 70.8 Å². The molecule has 0 radical (unpaired) electrons. The fourth-order valence-electron chi connectivity index (χ4n) is 2.93. The lowest BCUT2D eigenvalue weighted by Gasteiger charge is -2.11. The second-order valence-electron chi connectivity index (χ2n) is 6.45. The van der Waals surface area contributed by atoms with E-state index in [4.69, 9.17) is 0 Å². The third kappa shape index (κ3) is 7.10. The fourth-order valence-corrected chi connectivity index (χ4v) is 7.28. The first kappa shape index (κ1) is 20.6. The van der Waals surface area contributed by atoms with Crippen molar-refractivity contribution in [3.63, 3.8) is 0 Å². The minimum atomic E-state index is 1.17. The first-order chi connectivity index (χ1) is 12.9. The molecule has 0 nitrogen and oxygen atoms in total. The quantitative estimate of drug-likeness (QED) is 0.445. The molecule has 0 aliphatic carbocycles. The van der Waals surface area contributed by atoms with Crippen LogP contribution in [-0.2, 0) is 23.0 Å². The van der Waals surface area contributed by atoms with E-state index < -0.39 is 0 Å². The van der Waals surface area contributed by atoms with Crippen molar-refractivity contribution in [3.8, 4) is 0 Å². The Hall–Kier alpha value is -0.160. The molecule has 0 atom stereocenters. The lowest BCUT2D eigenvalue weighted by atomic mass is 10.1. The smallest absolute Gasteiger partial charge is 0.0187 e. The number of rotatable bonds is 0. The molecule has 0 bridgehead atoms. The Labute approximate surface area is 176 Å². The molecule has 0 spiro atoms. The molecule has 0 fully saturated rings. The van der Waals surface area contributed by atoms with E-state index in [-0.39, 0.29) is 0 Å². The predicted octanol–water partition coefficient (Wildman–Crippen LogP) is 7.11. The summed E-state index contributed by atoms with van der Waals surface area (Å²) in [6.45, 7) is 0. The summed E-state index contributed by atoms with van der Waals surface area (Å²) in [5.41, 5.74) is 6.17. The molecule has 2 aromatic rings. The summed E-state index contributed by atoms with van der Waals surface area (Å²) in [5, 5.41) is 0. The highest BCUT2D eigenvalue weighted by Gasteiger charge is 2.05. The summed E-state index contributed by atoms with van der Waals surface area (Å²) in [6.07, 6.45) is 2.62. The van der Waals surface area contributed by atoms with Crippen molar-refractivity contribution in [1.82, 2.24) is 0 Å². The van der Waals surface area contributed by atoms with Crippen molar-refractivity contribution >= 4 is 47.0 Å². The Bertz CT molecular complexity index is 545. The van der Waals surface area contributed by atoms with Crippen LogP contribution in [0.3, 0.4) is 0 Å². The Morgan fingerprint density at radius 2 is 0.692 bits per heavy atom. The summed E-state index contributed by atoms with van der Waals surface area (Å²) < 4.78 is 0. The molecule has 0 aromatic heterocycles. The molecule has 0 saturated heterocycles. The maximum atomic E-state index is 2.32. The number of hydrogen-bond acceptors (Lipinski definition) is 4. The maximum Gasteiger partial charge on any atom is 0.0187 e. The molecule has 0 N–H and O–H groups in total. The summed E-state index contributed by atoms with van der Waals surface area (Å²) >= 11 is 8.40. The number of thioether (sulfide) groups is 4. The molecule has 1 heterocycles. The van der Waals surface area contributed by atoms with Crippen LogP contribution in [0.2, 0.25) is 0 Å². The third-order valence-corrected chi connectivity index (χ3v) is 8.79. The normalized spacial score (nSPS) is 18.2. The van der Waals surface area contributed by atoms with E-state index in [0.29, 0.717) is 0 Å². The van der Waals surface area contributed by atoms with E-state index in [2.05, 4.69) is 95.6 Å². The second-order valence-corrected chi connectivity index (χ2v) is 10.9. The second kappa shape index (κ2) is 12.3. The molecule has 0 amide bonds. The molecule has 140 valence electrons.